The second kappa shape index (κ2) is 10.3. The Morgan fingerprint density at radius 1 is 1.03 bits per heavy atom. The average molecular weight is 435 g/mol. The third-order valence-corrected chi connectivity index (χ3v) is 5.93. The van der Waals surface area contributed by atoms with E-state index in [9.17, 15) is 4.79 Å². The van der Waals surface area contributed by atoms with E-state index in [-0.39, 0.29) is 24.9 Å². The van der Waals surface area contributed by atoms with Crippen molar-refractivity contribution in [3.63, 3.8) is 0 Å². The number of carbonyl (C=O) groups is 1. The first-order valence-electron chi connectivity index (χ1n) is 10.2. The minimum absolute atomic E-state index is 0. The van der Waals surface area contributed by atoms with E-state index in [2.05, 4.69) is 5.32 Å². The predicted octanol–water partition coefficient (Wildman–Crippen LogP) is 4.80. The number of hydrogen-bond acceptors (Lipinski definition) is 3. The third-order valence-electron chi connectivity index (χ3n) is 5.63. The molecule has 2 fully saturated rings. The number of piperidine rings is 1. The lowest BCUT2D eigenvalue weighted by atomic mass is 10.0. The van der Waals surface area contributed by atoms with Crippen LogP contribution in [-0.2, 0) is 4.79 Å². The summed E-state index contributed by atoms with van der Waals surface area (Å²) in [6.07, 6.45) is 4.78. The van der Waals surface area contributed by atoms with Crippen LogP contribution in [0.5, 0.6) is 5.75 Å². The summed E-state index contributed by atoms with van der Waals surface area (Å²) in [5.41, 5.74) is 2.13. The molecule has 1 heterocycles. The zero-order valence-corrected chi connectivity index (χ0v) is 18.1. The SMILES string of the molecule is Cl.O=C(COc1ccc(-c2ccccc2)cc1Cl)N1CCC(NCC2CC2)CC1. The number of nitrogens with one attached hydrogen (secondary N) is 1. The molecule has 2 aliphatic rings. The third kappa shape index (κ3) is 6.11. The number of nitrogens with zero attached hydrogens (tertiary/aromatic N) is 1. The van der Waals surface area contributed by atoms with Gasteiger partial charge in [-0.15, -0.1) is 12.4 Å². The Hall–Kier alpha value is -1.75. The van der Waals surface area contributed by atoms with Gasteiger partial charge < -0.3 is 15.0 Å². The standard InChI is InChI=1S/C23H27ClN2O2.ClH/c24-21-14-19(18-4-2-1-3-5-18)8-9-22(21)28-16-23(27)26-12-10-20(11-13-26)25-15-17-6-7-17;/h1-5,8-9,14,17,20,25H,6-7,10-13,15-16H2;1H. The second-order valence-corrected chi connectivity index (χ2v) is 8.21. The summed E-state index contributed by atoms with van der Waals surface area (Å²) >= 11 is 6.37. The highest BCUT2D eigenvalue weighted by molar-refractivity contribution is 6.32. The lowest BCUT2D eigenvalue weighted by molar-refractivity contribution is -0.134. The molecule has 0 radical (unpaired) electrons. The fraction of sp³-hybridized carbons (Fsp3) is 0.435. The molecule has 4 rings (SSSR count). The molecular formula is C23H28Cl2N2O2. The molecule has 1 saturated carbocycles. The molecule has 0 unspecified atom stereocenters. The highest BCUT2D eigenvalue weighted by atomic mass is 35.5. The van der Waals surface area contributed by atoms with Crippen molar-refractivity contribution < 1.29 is 9.53 Å². The highest BCUT2D eigenvalue weighted by Gasteiger charge is 2.26. The van der Waals surface area contributed by atoms with Gasteiger partial charge in [-0.25, -0.2) is 0 Å². The Kier molecular flexibility index (Phi) is 7.82. The molecule has 0 aromatic heterocycles. The fourth-order valence-electron chi connectivity index (χ4n) is 3.65. The Balaban J connectivity index is 0.00000240. The molecule has 4 nitrogen and oxygen atoms in total. The van der Waals surface area contributed by atoms with E-state index in [1.54, 1.807) is 0 Å². The maximum Gasteiger partial charge on any atom is 0.260 e. The number of halogens is 2. The molecule has 1 saturated heterocycles. The summed E-state index contributed by atoms with van der Waals surface area (Å²) in [7, 11) is 0. The van der Waals surface area contributed by atoms with Crippen molar-refractivity contribution in [2.45, 2.75) is 31.7 Å². The molecule has 29 heavy (non-hydrogen) atoms. The van der Waals surface area contributed by atoms with Gasteiger partial charge in [-0.05, 0) is 61.4 Å². The molecule has 0 spiro atoms. The summed E-state index contributed by atoms with van der Waals surface area (Å²) in [6.45, 7) is 2.76. The van der Waals surface area contributed by atoms with Crippen LogP contribution in [0.15, 0.2) is 48.5 Å². The van der Waals surface area contributed by atoms with Gasteiger partial charge in [0, 0.05) is 19.1 Å². The molecule has 1 amide bonds. The molecule has 6 heteroatoms. The van der Waals surface area contributed by atoms with E-state index in [1.807, 2.05) is 53.4 Å². The minimum Gasteiger partial charge on any atom is -0.482 e. The number of hydrogen-bond donors (Lipinski definition) is 1. The largest absolute Gasteiger partial charge is 0.482 e. The number of benzene rings is 2. The van der Waals surface area contributed by atoms with Crippen molar-refractivity contribution in [3.8, 4) is 16.9 Å². The van der Waals surface area contributed by atoms with Gasteiger partial charge in [-0.2, -0.15) is 0 Å². The smallest absolute Gasteiger partial charge is 0.260 e. The number of likely N-dealkylation sites (tertiary alicyclic amines) is 1. The Labute approximate surface area is 184 Å². The van der Waals surface area contributed by atoms with Gasteiger partial charge in [-0.3, -0.25) is 4.79 Å². The summed E-state index contributed by atoms with van der Waals surface area (Å²) < 4.78 is 5.72. The normalized spacial score (nSPS) is 16.9. The number of ether oxygens (including phenoxy) is 1. The van der Waals surface area contributed by atoms with E-state index in [0.29, 0.717) is 16.8 Å². The van der Waals surface area contributed by atoms with Crippen LogP contribution in [-0.4, -0.2) is 43.1 Å². The maximum atomic E-state index is 12.5. The maximum absolute atomic E-state index is 12.5. The van der Waals surface area contributed by atoms with Crippen LogP contribution in [0.3, 0.4) is 0 Å². The van der Waals surface area contributed by atoms with Gasteiger partial charge in [0.25, 0.3) is 5.91 Å². The van der Waals surface area contributed by atoms with Crippen LogP contribution in [0.2, 0.25) is 5.02 Å². The summed E-state index contributed by atoms with van der Waals surface area (Å²) in [5.74, 6) is 1.48. The van der Waals surface area contributed by atoms with Gasteiger partial charge in [0.05, 0.1) is 5.02 Å². The van der Waals surface area contributed by atoms with Crippen molar-refractivity contribution in [2.75, 3.05) is 26.2 Å². The first-order valence-corrected chi connectivity index (χ1v) is 10.6. The Morgan fingerprint density at radius 2 is 1.76 bits per heavy atom. The van der Waals surface area contributed by atoms with Crippen LogP contribution in [0.1, 0.15) is 25.7 Å². The summed E-state index contributed by atoms with van der Waals surface area (Å²) in [6, 6.07) is 16.3. The van der Waals surface area contributed by atoms with Crippen molar-refractivity contribution >= 4 is 29.9 Å². The average Bonchev–Trinajstić information content (AvgIpc) is 3.57. The van der Waals surface area contributed by atoms with Gasteiger partial charge in [-0.1, -0.05) is 48.0 Å². The van der Waals surface area contributed by atoms with Crippen molar-refractivity contribution in [1.29, 1.82) is 0 Å². The van der Waals surface area contributed by atoms with E-state index in [1.165, 1.54) is 12.8 Å². The molecule has 0 bridgehead atoms. The quantitative estimate of drug-likeness (QED) is 0.680. The highest BCUT2D eigenvalue weighted by Crippen LogP contribution is 2.30. The van der Waals surface area contributed by atoms with Crippen LogP contribution in [0, 0.1) is 5.92 Å². The number of amides is 1. The topological polar surface area (TPSA) is 41.6 Å². The molecule has 1 aliphatic carbocycles. The summed E-state index contributed by atoms with van der Waals surface area (Å²) in [5, 5.41) is 4.17. The molecule has 0 atom stereocenters. The van der Waals surface area contributed by atoms with E-state index < -0.39 is 0 Å². The molecule has 1 N–H and O–H groups in total. The molecule has 2 aromatic carbocycles. The van der Waals surface area contributed by atoms with Crippen LogP contribution in [0.25, 0.3) is 11.1 Å². The van der Waals surface area contributed by atoms with Crippen LogP contribution < -0.4 is 10.1 Å². The Bertz CT molecular complexity index is 804. The lowest BCUT2D eigenvalue weighted by Gasteiger charge is -2.32. The zero-order chi connectivity index (χ0) is 19.3. The van der Waals surface area contributed by atoms with Crippen molar-refractivity contribution in [2.24, 2.45) is 5.92 Å². The fourth-order valence-corrected chi connectivity index (χ4v) is 3.88. The number of rotatable bonds is 7. The van der Waals surface area contributed by atoms with E-state index in [0.717, 1.165) is 49.5 Å². The molecular weight excluding hydrogens is 407 g/mol. The molecule has 1 aliphatic heterocycles. The monoisotopic (exact) mass is 434 g/mol. The predicted molar refractivity (Wildman–Crippen MR) is 120 cm³/mol. The first-order chi connectivity index (χ1) is 13.7. The van der Waals surface area contributed by atoms with Crippen LogP contribution in [0.4, 0.5) is 0 Å². The van der Waals surface area contributed by atoms with Gasteiger partial charge in [0.2, 0.25) is 0 Å². The number of carbonyl (C=O) groups excluding carboxylic acids is 1. The minimum atomic E-state index is 0. The van der Waals surface area contributed by atoms with Gasteiger partial charge >= 0.3 is 0 Å². The van der Waals surface area contributed by atoms with Gasteiger partial charge in [0.15, 0.2) is 6.61 Å². The Morgan fingerprint density at radius 3 is 2.41 bits per heavy atom. The van der Waals surface area contributed by atoms with E-state index in [4.69, 9.17) is 16.3 Å². The van der Waals surface area contributed by atoms with Gasteiger partial charge in [0.1, 0.15) is 5.75 Å². The molecule has 2 aromatic rings. The van der Waals surface area contributed by atoms with Crippen molar-refractivity contribution in [1.82, 2.24) is 10.2 Å². The molecule has 156 valence electrons. The van der Waals surface area contributed by atoms with E-state index >= 15 is 0 Å². The summed E-state index contributed by atoms with van der Waals surface area (Å²) in [4.78, 5) is 14.4. The zero-order valence-electron chi connectivity index (χ0n) is 16.5. The first kappa shape index (κ1) is 21.9. The van der Waals surface area contributed by atoms with Crippen LogP contribution >= 0.6 is 24.0 Å². The second-order valence-electron chi connectivity index (χ2n) is 7.81. The van der Waals surface area contributed by atoms with Crippen molar-refractivity contribution in [3.05, 3.63) is 53.6 Å². The lowest BCUT2D eigenvalue weighted by Crippen LogP contribution is -2.46.